The number of hydrogen-bond donors (Lipinski definition) is 1. The average Bonchev–Trinajstić information content (AvgIpc) is 3.01. The van der Waals surface area contributed by atoms with Crippen molar-refractivity contribution in [2.24, 2.45) is 0 Å². The molecule has 0 aliphatic carbocycles. The molecule has 118 valence electrons. The Morgan fingerprint density at radius 2 is 1.95 bits per heavy atom. The van der Waals surface area contributed by atoms with Crippen molar-refractivity contribution in [1.29, 1.82) is 0 Å². The van der Waals surface area contributed by atoms with Crippen LogP contribution in [0.4, 0.5) is 5.69 Å². The Labute approximate surface area is 129 Å². The maximum Gasteiger partial charge on any atom is 0.315 e. The molecule has 0 bridgehead atoms. The van der Waals surface area contributed by atoms with Crippen molar-refractivity contribution in [1.82, 2.24) is 4.90 Å². The molecule has 0 atom stereocenters. The van der Waals surface area contributed by atoms with Gasteiger partial charge in [-0.15, -0.1) is 0 Å². The lowest BCUT2D eigenvalue weighted by molar-refractivity contribution is -0.145. The van der Waals surface area contributed by atoms with Crippen LogP contribution in [0.5, 0.6) is 0 Å². The second-order valence-electron chi connectivity index (χ2n) is 5.11. The summed E-state index contributed by atoms with van der Waals surface area (Å²) in [6.07, 6.45) is 1.72. The average molecular weight is 304 g/mol. The SMILES string of the molecule is CCOC(=O)CC(=O)Nc1cccc(C(=O)N2CCCC2)c1. The fourth-order valence-corrected chi connectivity index (χ4v) is 2.38. The van der Waals surface area contributed by atoms with E-state index in [2.05, 4.69) is 5.32 Å². The van der Waals surface area contributed by atoms with Gasteiger partial charge in [0, 0.05) is 24.3 Å². The van der Waals surface area contributed by atoms with Gasteiger partial charge < -0.3 is 15.0 Å². The number of likely N-dealkylation sites (tertiary alicyclic amines) is 1. The lowest BCUT2D eigenvalue weighted by atomic mass is 10.1. The molecule has 1 fully saturated rings. The van der Waals surface area contributed by atoms with Gasteiger partial charge >= 0.3 is 5.97 Å². The van der Waals surface area contributed by atoms with Crippen LogP contribution in [0.15, 0.2) is 24.3 Å². The first kappa shape index (κ1) is 16.0. The number of carbonyl (C=O) groups is 3. The summed E-state index contributed by atoms with van der Waals surface area (Å²) < 4.78 is 4.72. The first-order valence-corrected chi connectivity index (χ1v) is 7.45. The summed E-state index contributed by atoms with van der Waals surface area (Å²) >= 11 is 0. The van der Waals surface area contributed by atoms with Crippen LogP contribution >= 0.6 is 0 Å². The van der Waals surface area contributed by atoms with Gasteiger partial charge in [-0.25, -0.2) is 0 Å². The number of rotatable bonds is 5. The van der Waals surface area contributed by atoms with E-state index in [0.717, 1.165) is 25.9 Å². The molecule has 6 heteroatoms. The van der Waals surface area contributed by atoms with Crippen molar-refractivity contribution in [3.63, 3.8) is 0 Å². The molecule has 1 aromatic carbocycles. The number of esters is 1. The van der Waals surface area contributed by atoms with Gasteiger partial charge in [0.1, 0.15) is 6.42 Å². The standard InChI is InChI=1S/C16H20N2O4/c1-2-22-15(20)11-14(19)17-13-7-5-6-12(10-13)16(21)18-8-3-4-9-18/h5-7,10H,2-4,8-9,11H2,1H3,(H,17,19). The number of nitrogens with one attached hydrogen (secondary N) is 1. The largest absolute Gasteiger partial charge is 0.466 e. The Bertz CT molecular complexity index is 565. The fraction of sp³-hybridized carbons (Fsp3) is 0.438. The third-order valence-corrected chi connectivity index (χ3v) is 3.40. The molecule has 1 heterocycles. The number of nitrogens with zero attached hydrogens (tertiary/aromatic N) is 1. The van der Waals surface area contributed by atoms with Crippen molar-refractivity contribution < 1.29 is 19.1 Å². The van der Waals surface area contributed by atoms with E-state index in [1.807, 2.05) is 0 Å². The first-order chi connectivity index (χ1) is 10.6. The Kier molecular flexibility index (Phi) is 5.52. The second-order valence-corrected chi connectivity index (χ2v) is 5.11. The zero-order chi connectivity index (χ0) is 15.9. The maximum atomic E-state index is 12.3. The third-order valence-electron chi connectivity index (χ3n) is 3.40. The van der Waals surface area contributed by atoms with E-state index in [1.54, 1.807) is 36.1 Å². The normalized spacial score (nSPS) is 13.8. The molecule has 6 nitrogen and oxygen atoms in total. The maximum absolute atomic E-state index is 12.3. The van der Waals surface area contributed by atoms with Gasteiger partial charge in [0.25, 0.3) is 5.91 Å². The molecular weight excluding hydrogens is 284 g/mol. The number of anilines is 1. The highest BCUT2D eigenvalue weighted by Crippen LogP contribution is 2.16. The van der Waals surface area contributed by atoms with Crippen molar-refractivity contribution in [2.45, 2.75) is 26.2 Å². The minimum absolute atomic E-state index is 0.0287. The molecule has 1 N–H and O–H groups in total. The van der Waals surface area contributed by atoms with E-state index in [0.29, 0.717) is 11.3 Å². The molecule has 1 aliphatic heterocycles. The van der Waals surface area contributed by atoms with Crippen LogP contribution in [0.2, 0.25) is 0 Å². The number of ether oxygens (including phenoxy) is 1. The predicted molar refractivity (Wildman–Crippen MR) is 81.5 cm³/mol. The summed E-state index contributed by atoms with van der Waals surface area (Å²) in [5.74, 6) is -1.05. The van der Waals surface area contributed by atoms with Crippen LogP contribution in [0.1, 0.15) is 36.5 Å². The molecule has 22 heavy (non-hydrogen) atoms. The van der Waals surface area contributed by atoms with Crippen molar-refractivity contribution in [3.8, 4) is 0 Å². The molecule has 0 aromatic heterocycles. The van der Waals surface area contributed by atoms with Gasteiger partial charge in [-0.1, -0.05) is 6.07 Å². The summed E-state index contributed by atoms with van der Waals surface area (Å²) in [6.45, 7) is 3.48. The Morgan fingerprint density at radius 3 is 2.64 bits per heavy atom. The minimum Gasteiger partial charge on any atom is -0.466 e. The summed E-state index contributed by atoms with van der Waals surface area (Å²) in [6, 6.07) is 6.75. The van der Waals surface area contributed by atoms with Crippen LogP contribution in [0.25, 0.3) is 0 Å². The molecule has 1 aromatic rings. The Hall–Kier alpha value is -2.37. The third kappa shape index (κ3) is 4.31. The highest BCUT2D eigenvalue weighted by atomic mass is 16.5. The van der Waals surface area contributed by atoms with Crippen LogP contribution in [-0.2, 0) is 14.3 Å². The van der Waals surface area contributed by atoms with Gasteiger partial charge in [0.2, 0.25) is 5.91 Å². The van der Waals surface area contributed by atoms with Crippen molar-refractivity contribution in [3.05, 3.63) is 29.8 Å². The molecule has 0 unspecified atom stereocenters. The minimum atomic E-state index is -0.565. The molecular formula is C16H20N2O4. The highest BCUT2D eigenvalue weighted by Gasteiger charge is 2.19. The molecule has 2 rings (SSSR count). The van der Waals surface area contributed by atoms with E-state index in [1.165, 1.54) is 0 Å². The number of amides is 2. The van der Waals surface area contributed by atoms with E-state index in [-0.39, 0.29) is 18.9 Å². The van der Waals surface area contributed by atoms with Gasteiger partial charge in [-0.05, 0) is 38.0 Å². The molecule has 0 radical (unpaired) electrons. The number of carbonyl (C=O) groups excluding carboxylic acids is 3. The number of benzene rings is 1. The van der Waals surface area contributed by atoms with Crippen molar-refractivity contribution in [2.75, 3.05) is 25.0 Å². The van der Waals surface area contributed by atoms with Crippen LogP contribution in [-0.4, -0.2) is 42.4 Å². The predicted octanol–water partition coefficient (Wildman–Crippen LogP) is 1.81. The summed E-state index contributed by atoms with van der Waals surface area (Å²) in [4.78, 5) is 37.1. The Morgan fingerprint density at radius 1 is 1.23 bits per heavy atom. The monoisotopic (exact) mass is 304 g/mol. The quantitative estimate of drug-likeness (QED) is 0.665. The van der Waals surface area contributed by atoms with E-state index in [9.17, 15) is 14.4 Å². The molecule has 0 saturated carbocycles. The van der Waals surface area contributed by atoms with Gasteiger partial charge in [-0.3, -0.25) is 14.4 Å². The van der Waals surface area contributed by atoms with E-state index < -0.39 is 11.9 Å². The molecule has 2 amide bonds. The fourth-order valence-electron chi connectivity index (χ4n) is 2.38. The van der Waals surface area contributed by atoms with Crippen LogP contribution in [0, 0.1) is 0 Å². The summed E-state index contributed by atoms with van der Waals surface area (Å²) in [7, 11) is 0. The molecule has 1 saturated heterocycles. The second kappa shape index (κ2) is 7.59. The Balaban J connectivity index is 1.97. The highest BCUT2D eigenvalue weighted by molar-refractivity contribution is 6.02. The van der Waals surface area contributed by atoms with Crippen LogP contribution < -0.4 is 5.32 Å². The lowest BCUT2D eigenvalue weighted by Crippen LogP contribution is -2.27. The van der Waals surface area contributed by atoms with E-state index in [4.69, 9.17) is 4.74 Å². The first-order valence-electron chi connectivity index (χ1n) is 7.45. The van der Waals surface area contributed by atoms with Gasteiger partial charge in [-0.2, -0.15) is 0 Å². The van der Waals surface area contributed by atoms with Crippen LogP contribution in [0.3, 0.4) is 0 Å². The van der Waals surface area contributed by atoms with Gasteiger partial charge in [0.05, 0.1) is 6.61 Å². The van der Waals surface area contributed by atoms with Gasteiger partial charge in [0.15, 0.2) is 0 Å². The lowest BCUT2D eigenvalue weighted by Gasteiger charge is -2.15. The summed E-state index contributed by atoms with van der Waals surface area (Å²) in [5, 5.41) is 2.61. The number of hydrogen-bond acceptors (Lipinski definition) is 4. The van der Waals surface area contributed by atoms with E-state index >= 15 is 0 Å². The smallest absolute Gasteiger partial charge is 0.315 e. The topological polar surface area (TPSA) is 75.7 Å². The molecule has 1 aliphatic rings. The zero-order valence-corrected chi connectivity index (χ0v) is 12.6. The summed E-state index contributed by atoms with van der Waals surface area (Å²) in [5.41, 5.74) is 1.04. The van der Waals surface area contributed by atoms with Crippen molar-refractivity contribution >= 4 is 23.5 Å². The zero-order valence-electron chi connectivity index (χ0n) is 12.6. The molecule has 0 spiro atoms.